The van der Waals surface area contributed by atoms with Crippen LogP contribution >= 0.6 is 0 Å². The van der Waals surface area contributed by atoms with Crippen LogP contribution in [0.2, 0.25) is 0 Å². The minimum absolute atomic E-state index is 0.0429. The Balaban J connectivity index is 1.26. The summed E-state index contributed by atoms with van der Waals surface area (Å²) in [4.78, 5) is 24.9. The van der Waals surface area contributed by atoms with Crippen LogP contribution in [0.5, 0.6) is 17.2 Å². The Hall–Kier alpha value is -6.01. The number of nitrogens with zero attached hydrogens (tertiary/aromatic N) is 2. The number of benzene rings is 4. The van der Waals surface area contributed by atoms with E-state index in [1.165, 1.54) is 48.5 Å². The second-order valence-corrected chi connectivity index (χ2v) is 12.1. The van der Waals surface area contributed by atoms with Gasteiger partial charge in [0.2, 0.25) is 0 Å². The minimum atomic E-state index is -7.13. The van der Waals surface area contributed by atoms with Crippen molar-refractivity contribution in [1.29, 1.82) is 0 Å². The summed E-state index contributed by atoms with van der Waals surface area (Å²) in [5.41, 5.74) is -0.457. The number of azo groups is 1. The van der Waals surface area contributed by atoms with Crippen LogP contribution in [0.4, 0.5) is 86.0 Å². The second-order valence-electron chi connectivity index (χ2n) is 12.1. The second kappa shape index (κ2) is 17.5. The van der Waals surface area contributed by atoms with Gasteiger partial charge in [0.05, 0.1) is 29.1 Å². The number of carbonyl (C=O) groups is 2. The summed E-state index contributed by atoms with van der Waals surface area (Å²) < 4.78 is 240. The maximum atomic E-state index is 13.7. The molecule has 0 aromatic heterocycles. The SMILES string of the molecule is O=C(Oc1ccc(N=Nc2ccc(OC(=O)c3ccc(OCC(F)(F)C(F)(F)C(F)(F)C(F)F)cc3)cc2)cc1)c1ccc(COC(F)(F)C(F)(F)C(F)(F)C(F)(F)F)cc1. The predicted octanol–water partition coefficient (Wildman–Crippen LogP) is 12.0. The van der Waals surface area contributed by atoms with Gasteiger partial charge in [0, 0.05) is 0 Å². The zero-order chi connectivity index (χ0) is 45.8. The number of ether oxygens (including phenoxy) is 4. The van der Waals surface area contributed by atoms with Gasteiger partial charge in [-0.2, -0.15) is 76.1 Å². The molecular weight excluding hydrogens is 879 g/mol. The van der Waals surface area contributed by atoms with Gasteiger partial charge in [0.15, 0.2) is 6.61 Å². The Kier molecular flexibility index (Phi) is 13.7. The van der Waals surface area contributed by atoms with E-state index >= 15 is 0 Å². The molecule has 4 aromatic rings. The summed E-state index contributed by atoms with van der Waals surface area (Å²) in [6, 6.07) is 17.5. The van der Waals surface area contributed by atoms with Crippen molar-refractivity contribution >= 4 is 23.3 Å². The first-order valence-corrected chi connectivity index (χ1v) is 16.2. The molecule has 0 aliphatic rings. The van der Waals surface area contributed by atoms with E-state index in [4.69, 9.17) is 9.47 Å². The third-order valence-electron chi connectivity index (χ3n) is 7.76. The smallest absolute Gasteiger partial charge is 0.460 e. The molecule has 0 saturated heterocycles. The van der Waals surface area contributed by atoms with E-state index in [-0.39, 0.29) is 34.0 Å². The van der Waals surface area contributed by atoms with Gasteiger partial charge in [0.1, 0.15) is 17.2 Å². The van der Waals surface area contributed by atoms with Crippen LogP contribution in [0.15, 0.2) is 107 Å². The first-order chi connectivity index (χ1) is 28.0. The van der Waals surface area contributed by atoms with Crippen molar-refractivity contribution in [3.63, 3.8) is 0 Å². The summed E-state index contributed by atoms with van der Waals surface area (Å²) in [6.45, 7) is -3.97. The molecule has 0 fully saturated rings. The number of hydrogen-bond acceptors (Lipinski definition) is 8. The molecule has 0 amide bonds. The zero-order valence-electron chi connectivity index (χ0n) is 29.5. The third-order valence-corrected chi connectivity index (χ3v) is 7.76. The molecule has 0 atom stereocenters. The van der Waals surface area contributed by atoms with Gasteiger partial charge in [-0.1, -0.05) is 12.1 Å². The fourth-order valence-electron chi connectivity index (χ4n) is 4.30. The lowest BCUT2D eigenvalue weighted by molar-refractivity contribution is -0.446. The van der Waals surface area contributed by atoms with E-state index in [9.17, 15) is 84.2 Å². The lowest BCUT2D eigenvalue weighted by Crippen LogP contribution is -2.61. The van der Waals surface area contributed by atoms with Crippen LogP contribution in [0.1, 0.15) is 26.3 Å². The van der Waals surface area contributed by atoms with Crippen LogP contribution in [0.3, 0.4) is 0 Å². The topological polar surface area (TPSA) is 95.8 Å². The Morgan fingerprint density at radius 1 is 0.508 bits per heavy atom. The molecule has 61 heavy (non-hydrogen) atoms. The molecular formula is C36H21F17N2O6. The largest absolute Gasteiger partial charge is 0.487 e. The van der Waals surface area contributed by atoms with E-state index in [2.05, 4.69) is 19.7 Å². The van der Waals surface area contributed by atoms with Gasteiger partial charge in [-0.05, 0) is 90.5 Å². The van der Waals surface area contributed by atoms with Gasteiger partial charge < -0.3 is 18.9 Å². The number of alkyl halides is 17. The lowest BCUT2D eigenvalue weighted by atomic mass is 10.1. The summed E-state index contributed by atoms with van der Waals surface area (Å²) in [5.74, 6) is -35.4. The lowest BCUT2D eigenvalue weighted by Gasteiger charge is -2.33. The first-order valence-electron chi connectivity index (χ1n) is 16.2. The number of rotatable bonds is 17. The van der Waals surface area contributed by atoms with Crippen molar-refractivity contribution in [3.05, 3.63) is 114 Å². The molecule has 0 radical (unpaired) electrons. The average Bonchev–Trinajstić information content (AvgIpc) is 3.19. The highest BCUT2D eigenvalue weighted by Crippen LogP contribution is 2.53. The molecule has 0 bridgehead atoms. The number of hydrogen-bond donors (Lipinski definition) is 0. The third kappa shape index (κ3) is 10.5. The first kappa shape index (κ1) is 47.7. The van der Waals surface area contributed by atoms with Crippen molar-refractivity contribution in [1.82, 2.24) is 0 Å². The van der Waals surface area contributed by atoms with E-state index in [1.807, 2.05) is 0 Å². The van der Waals surface area contributed by atoms with Crippen molar-refractivity contribution in [2.24, 2.45) is 10.2 Å². The number of esters is 2. The molecule has 0 aliphatic carbocycles. The van der Waals surface area contributed by atoms with Gasteiger partial charge in [-0.15, -0.1) is 0 Å². The van der Waals surface area contributed by atoms with Gasteiger partial charge >= 0.3 is 60.3 Å². The van der Waals surface area contributed by atoms with Gasteiger partial charge in [-0.3, -0.25) is 0 Å². The molecule has 330 valence electrons. The normalized spacial score (nSPS) is 13.4. The highest BCUT2D eigenvalue weighted by molar-refractivity contribution is 5.91. The van der Waals surface area contributed by atoms with Crippen molar-refractivity contribution < 1.29 is 103 Å². The molecule has 0 saturated carbocycles. The maximum absolute atomic E-state index is 13.7. The molecule has 4 aromatic carbocycles. The highest BCUT2D eigenvalue weighted by Gasteiger charge is 2.83. The monoisotopic (exact) mass is 900 g/mol. The van der Waals surface area contributed by atoms with Gasteiger partial charge in [0.25, 0.3) is 0 Å². The molecule has 25 heteroatoms. The van der Waals surface area contributed by atoms with Crippen LogP contribution in [0, 0.1) is 0 Å². The van der Waals surface area contributed by atoms with Crippen LogP contribution < -0.4 is 14.2 Å². The van der Waals surface area contributed by atoms with Crippen molar-refractivity contribution in [2.45, 2.75) is 54.9 Å². The highest BCUT2D eigenvalue weighted by atomic mass is 19.4. The molecule has 0 spiro atoms. The molecule has 0 aliphatic heterocycles. The van der Waals surface area contributed by atoms with Crippen LogP contribution in [-0.2, 0) is 11.3 Å². The summed E-state index contributed by atoms with van der Waals surface area (Å²) in [7, 11) is 0. The van der Waals surface area contributed by atoms with Crippen molar-refractivity contribution in [2.75, 3.05) is 6.61 Å². The average molecular weight is 901 g/mol. The van der Waals surface area contributed by atoms with E-state index < -0.39 is 84.8 Å². The van der Waals surface area contributed by atoms with E-state index in [0.717, 1.165) is 48.5 Å². The molecule has 4 rings (SSSR count). The minimum Gasteiger partial charge on any atom is -0.487 e. The standard InChI is InChI=1S/C36H21F17N2O6/c37-29(38)31(41,42)32(43,44)30(39,40)18-58-24-11-5-21(6-12-24)28(57)61-26-15-9-23(10-16-26)55-54-22-7-13-25(14-8-22)60-27(56)20-3-1-19(2-4-20)17-59-36(52,53)34(47,48)33(45,46)35(49,50)51/h1-16,29H,17-18H2. The molecule has 0 unspecified atom stereocenters. The molecule has 0 N–H and O–H groups in total. The van der Waals surface area contributed by atoms with Crippen molar-refractivity contribution in [3.8, 4) is 17.2 Å². The summed E-state index contributed by atoms with van der Waals surface area (Å²) in [5, 5.41) is 7.89. The van der Waals surface area contributed by atoms with Crippen LogP contribution in [0.25, 0.3) is 0 Å². The van der Waals surface area contributed by atoms with E-state index in [1.54, 1.807) is 0 Å². The van der Waals surface area contributed by atoms with Gasteiger partial charge in [-0.25, -0.2) is 18.4 Å². The fraction of sp³-hybridized carbons (Fsp3) is 0.278. The molecule has 8 nitrogen and oxygen atoms in total. The summed E-state index contributed by atoms with van der Waals surface area (Å²) >= 11 is 0. The number of halogens is 17. The quantitative estimate of drug-likeness (QED) is 0.0453. The zero-order valence-corrected chi connectivity index (χ0v) is 29.5. The Bertz CT molecular complexity index is 2160. The summed E-state index contributed by atoms with van der Waals surface area (Å²) in [6.07, 6.45) is -18.4. The molecule has 0 heterocycles. The Morgan fingerprint density at radius 2 is 0.902 bits per heavy atom. The number of carbonyl (C=O) groups excluding carboxylic acids is 2. The fourth-order valence-corrected chi connectivity index (χ4v) is 4.30. The van der Waals surface area contributed by atoms with Crippen LogP contribution in [-0.4, -0.2) is 66.9 Å². The maximum Gasteiger partial charge on any atom is 0.460 e. The Labute approximate surface area is 329 Å². The Morgan fingerprint density at radius 3 is 1.30 bits per heavy atom. The predicted molar refractivity (Wildman–Crippen MR) is 172 cm³/mol. The van der Waals surface area contributed by atoms with E-state index in [0.29, 0.717) is 0 Å².